The molecule has 1 aliphatic heterocycles. The third-order valence-electron chi connectivity index (χ3n) is 4.10. The molecule has 0 aliphatic carbocycles. The van der Waals surface area contributed by atoms with Crippen LogP contribution in [0.25, 0.3) is 0 Å². The fourth-order valence-corrected chi connectivity index (χ4v) is 2.61. The molecule has 4 atom stereocenters. The van der Waals surface area contributed by atoms with Crippen molar-refractivity contribution in [3.8, 4) is 0 Å². The molecule has 146 valence electrons. The summed E-state index contributed by atoms with van der Waals surface area (Å²) in [5, 5.41) is 10.0. The van der Waals surface area contributed by atoms with Gasteiger partial charge in [-0.15, -0.1) is 0 Å². The fraction of sp³-hybridized carbons (Fsp3) is 0.667. The summed E-state index contributed by atoms with van der Waals surface area (Å²) in [4.78, 5) is 36.4. The number of rotatable bonds is 8. The number of aromatic nitrogens is 2. The molecule has 1 aromatic rings. The van der Waals surface area contributed by atoms with Gasteiger partial charge in [-0.2, -0.15) is 4.39 Å². The number of nitrogens with one attached hydrogen (secondary N) is 1. The molecule has 10 nitrogen and oxygen atoms in total. The summed E-state index contributed by atoms with van der Waals surface area (Å²) in [5.74, 6) is -1.78. The van der Waals surface area contributed by atoms with E-state index in [2.05, 4.69) is 0 Å². The van der Waals surface area contributed by atoms with E-state index in [-0.39, 0.29) is 13.0 Å². The molecule has 26 heavy (non-hydrogen) atoms. The number of hydrogen-bond acceptors (Lipinski definition) is 8. The number of unbranched alkanes of at least 4 members (excludes halogenated alkanes) is 1. The largest absolute Gasteiger partial charge is 0.462 e. The smallest absolute Gasteiger partial charge is 0.330 e. The predicted molar refractivity (Wildman–Crippen MR) is 87.7 cm³/mol. The lowest BCUT2D eigenvalue weighted by molar-refractivity contribution is -0.151. The number of halogens is 1. The van der Waals surface area contributed by atoms with E-state index in [0.717, 1.165) is 11.0 Å². The van der Waals surface area contributed by atoms with Gasteiger partial charge in [-0.3, -0.25) is 19.1 Å². The number of aliphatic hydroxyl groups is 1. The Morgan fingerprint density at radius 1 is 1.50 bits per heavy atom. The monoisotopic (exact) mass is 374 g/mol. The molecule has 0 amide bonds. The van der Waals surface area contributed by atoms with Crippen LogP contribution in [0.2, 0.25) is 0 Å². The van der Waals surface area contributed by atoms with Gasteiger partial charge in [0.1, 0.15) is 25.0 Å². The van der Waals surface area contributed by atoms with Crippen molar-refractivity contribution >= 4 is 5.97 Å². The summed E-state index contributed by atoms with van der Waals surface area (Å²) in [5.41, 5.74) is 9.07. The number of carbonyl (C=O) groups is 1. The zero-order valence-electron chi connectivity index (χ0n) is 14.1. The molecule has 0 bridgehead atoms. The van der Waals surface area contributed by atoms with Crippen molar-refractivity contribution in [2.24, 2.45) is 11.5 Å². The Morgan fingerprint density at radius 3 is 2.92 bits per heavy atom. The maximum absolute atomic E-state index is 13.4. The molecular formula is C15H23FN4O6. The van der Waals surface area contributed by atoms with Crippen LogP contribution in [0, 0.1) is 5.82 Å². The van der Waals surface area contributed by atoms with Crippen molar-refractivity contribution < 1.29 is 23.8 Å². The van der Waals surface area contributed by atoms with Crippen molar-refractivity contribution in [1.29, 1.82) is 0 Å². The normalized spacial score (nSPS) is 23.8. The number of esters is 1. The van der Waals surface area contributed by atoms with Crippen LogP contribution in [0.4, 0.5) is 4.39 Å². The van der Waals surface area contributed by atoms with Crippen LogP contribution in [0.3, 0.4) is 0 Å². The molecule has 0 aromatic carbocycles. The van der Waals surface area contributed by atoms with Gasteiger partial charge in [0.15, 0.2) is 0 Å². The summed E-state index contributed by atoms with van der Waals surface area (Å²) < 4.78 is 24.7. The highest BCUT2D eigenvalue weighted by Gasteiger charge is 2.36. The highest BCUT2D eigenvalue weighted by molar-refractivity contribution is 5.75. The number of ether oxygens (including phenoxy) is 2. The van der Waals surface area contributed by atoms with Gasteiger partial charge in [-0.05, 0) is 19.4 Å². The van der Waals surface area contributed by atoms with E-state index in [1.165, 1.54) is 0 Å². The lowest BCUT2D eigenvalue weighted by atomic mass is 10.1. The molecule has 0 unspecified atom stereocenters. The van der Waals surface area contributed by atoms with Crippen LogP contribution in [0.5, 0.6) is 0 Å². The first-order valence-electron chi connectivity index (χ1n) is 8.30. The third-order valence-corrected chi connectivity index (χ3v) is 4.10. The first kappa shape index (κ1) is 20.2. The van der Waals surface area contributed by atoms with Crippen LogP contribution in [-0.2, 0) is 14.3 Å². The Bertz CT molecular complexity index is 736. The molecule has 2 rings (SSSR count). The molecule has 1 aliphatic rings. The van der Waals surface area contributed by atoms with Crippen LogP contribution in [-0.4, -0.2) is 52.0 Å². The molecule has 1 fully saturated rings. The average Bonchev–Trinajstić information content (AvgIpc) is 2.96. The van der Waals surface area contributed by atoms with E-state index in [9.17, 15) is 23.9 Å². The first-order valence-corrected chi connectivity index (χ1v) is 8.30. The number of nitrogens with two attached hydrogens (primary N) is 2. The summed E-state index contributed by atoms with van der Waals surface area (Å²) in [6.07, 6.45) is -0.388. The highest BCUT2D eigenvalue weighted by Crippen LogP contribution is 2.27. The summed E-state index contributed by atoms with van der Waals surface area (Å²) in [6.45, 7) is 0.248. The van der Waals surface area contributed by atoms with Gasteiger partial charge in [0.2, 0.25) is 5.82 Å². The average molecular weight is 374 g/mol. The molecule has 2 heterocycles. The Balaban J connectivity index is 1.91. The van der Waals surface area contributed by atoms with Crippen LogP contribution in [0.1, 0.15) is 31.9 Å². The quantitative estimate of drug-likeness (QED) is 0.310. The van der Waals surface area contributed by atoms with Crippen LogP contribution in [0.15, 0.2) is 15.8 Å². The Labute approximate surface area is 147 Å². The topological polar surface area (TPSA) is 163 Å². The summed E-state index contributed by atoms with van der Waals surface area (Å²) >= 11 is 0. The summed E-state index contributed by atoms with van der Waals surface area (Å²) in [7, 11) is 0. The van der Waals surface area contributed by atoms with Gasteiger partial charge < -0.3 is 26.0 Å². The molecule has 0 radical (unpaired) electrons. The number of aliphatic hydroxyl groups excluding tert-OH is 1. The number of aromatic amines is 1. The third kappa shape index (κ3) is 4.97. The standard InChI is InChI=1S/C15H23FN4O6/c16-8-6-20(15(24)19-13(8)22)12-5-10(21)11(26-12)7-25-14(23)9(18)3-1-2-4-17/h6,9-12,21H,1-5,7,17-18H2,(H,19,22,24)/t9-,10-,11+,12+/m0/s1. The lowest BCUT2D eigenvalue weighted by Crippen LogP contribution is -2.36. The second-order valence-electron chi connectivity index (χ2n) is 6.10. The molecule has 1 aromatic heterocycles. The van der Waals surface area contributed by atoms with E-state index in [0.29, 0.717) is 25.6 Å². The molecule has 0 saturated carbocycles. The second-order valence-corrected chi connectivity index (χ2v) is 6.10. The van der Waals surface area contributed by atoms with Crippen molar-refractivity contribution in [3.63, 3.8) is 0 Å². The SMILES string of the molecule is NCCCC[C@H](N)C(=O)OC[C@H]1O[C@@H](n2cc(F)c(=O)[nH]c2=O)C[C@@H]1O. The van der Waals surface area contributed by atoms with E-state index in [1.54, 1.807) is 0 Å². The van der Waals surface area contributed by atoms with Crippen molar-refractivity contribution in [1.82, 2.24) is 9.55 Å². The van der Waals surface area contributed by atoms with Crippen molar-refractivity contribution in [3.05, 3.63) is 32.9 Å². The number of nitrogens with zero attached hydrogens (tertiary/aromatic N) is 1. The fourth-order valence-electron chi connectivity index (χ4n) is 2.61. The van der Waals surface area contributed by atoms with E-state index in [1.807, 2.05) is 4.98 Å². The minimum absolute atomic E-state index is 0.0316. The number of hydrogen-bond donors (Lipinski definition) is 4. The van der Waals surface area contributed by atoms with Gasteiger partial charge in [0.25, 0.3) is 5.56 Å². The molecule has 11 heteroatoms. The maximum Gasteiger partial charge on any atom is 0.330 e. The lowest BCUT2D eigenvalue weighted by Gasteiger charge is -2.17. The maximum atomic E-state index is 13.4. The Hall–Kier alpha value is -2.08. The Kier molecular flexibility index (Phi) is 7.03. The predicted octanol–water partition coefficient (Wildman–Crippen LogP) is -1.68. The molecule has 6 N–H and O–H groups in total. The first-order chi connectivity index (χ1) is 12.3. The van der Waals surface area contributed by atoms with Gasteiger partial charge in [-0.25, -0.2) is 4.79 Å². The van der Waals surface area contributed by atoms with E-state index < -0.39 is 47.5 Å². The van der Waals surface area contributed by atoms with Gasteiger partial charge in [0, 0.05) is 6.42 Å². The van der Waals surface area contributed by atoms with E-state index in [4.69, 9.17) is 20.9 Å². The number of carbonyl (C=O) groups excluding carboxylic acids is 1. The number of H-pyrrole nitrogens is 1. The highest BCUT2D eigenvalue weighted by atomic mass is 19.1. The zero-order valence-corrected chi connectivity index (χ0v) is 14.1. The van der Waals surface area contributed by atoms with Crippen molar-refractivity contribution in [2.75, 3.05) is 13.2 Å². The van der Waals surface area contributed by atoms with Gasteiger partial charge in [-0.1, -0.05) is 6.42 Å². The minimum Gasteiger partial charge on any atom is -0.462 e. The van der Waals surface area contributed by atoms with Gasteiger partial charge >= 0.3 is 11.7 Å². The van der Waals surface area contributed by atoms with Crippen molar-refractivity contribution in [2.45, 2.75) is 50.2 Å². The minimum atomic E-state index is -1.15. The zero-order chi connectivity index (χ0) is 19.3. The summed E-state index contributed by atoms with van der Waals surface area (Å²) in [6, 6.07) is -0.799. The van der Waals surface area contributed by atoms with E-state index >= 15 is 0 Å². The second kappa shape index (κ2) is 9.03. The molecular weight excluding hydrogens is 351 g/mol. The molecule has 0 spiro atoms. The van der Waals surface area contributed by atoms with Gasteiger partial charge in [0.05, 0.1) is 12.3 Å². The Morgan fingerprint density at radius 2 is 2.23 bits per heavy atom. The molecule has 1 saturated heterocycles. The van der Waals surface area contributed by atoms with Crippen LogP contribution >= 0.6 is 0 Å². The van der Waals surface area contributed by atoms with Crippen LogP contribution < -0.4 is 22.7 Å².